The Hall–Kier alpha value is -1.29. The summed E-state index contributed by atoms with van der Waals surface area (Å²) in [6, 6.07) is 9.72. The summed E-state index contributed by atoms with van der Waals surface area (Å²) in [5.41, 5.74) is 4.21. The van der Waals surface area contributed by atoms with Crippen LogP contribution in [0.5, 0.6) is 0 Å². The Morgan fingerprint density at radius 2 is 1.75 bits per heavy atom. The van der Waals surface area contributed by atoms with E-state index in [1.165, 1.54) is 0 Å². The summed E-state index contributed by atoms with van der Waals surface area (Å²) in [5, 5.41) is 3.09. The normalized spacial score (nSPS) is 12.7. The van der Waals surface area contributed by atoms with Crippen LogP contribution in [0, 0.1) is 22.6 Å². The molecule has 0 bridgehead atoms. The van der Waals surface area contributed by atoms with Crippen LogP contribution in [-0.2, 0) is 10.8 Å². The van der Waals surface area contributed by atoms with E-state index in [0.717, 1.165) is 5.56 Å². The van der Waals surface area contributed by atoms with Crippen LogP contribution in [0.2, 0.25) is 18.1 Å². The van der Waals surface area contributed by atoms with E-state index in [9.17, 15) is 4.21 Å². The molecule has 1 rings (SSSR count). The monoisotopic (exact) mass is 302 g/mol. The standard InChI is InChI=1S/C17H22OSSi/c1-17(2,3)20(4,5)15-14-19(18)13-9-12-16-10-7-6-8-11-16/h6-8,10-11H,13H2,1-5H3. The van der Waals surface area contributed by atoms with Gasteiger partial charge in [0.15, 0.2) is 0 Å². The largest absolute Gasteiger partial charge is 0.245 e. The minimum absolute atomic E-state index is 0.194. The Morgan fingerprint density at radius 1 is 1.15 bits per heavy atom. The maximum Gasteiger partial charge on any atom is 0.138 e. The molecule has 0 fully saturated rings. The number of rotatable bonds is 1. The summed E-state index contributed by atoms with van der Waals surface area (Å²) in [7, 11) is -2.85. The van der Waals surface area contributed by atoms with Crippen molar-refractivity contribution in [3.05, 3.63) is 35.9 Å². The molecule has 0 heterocycles. The Morgan fingerprint density at radius 3 is 2.30 bits per heavy atom. The second kappa shape index (κ2) is 6.93. The Kier molecular flexibility index (Phi) is 5.81. The lowest BCUT2D eigenvalue weighted by Crippen LogP contribution is -2.35. The van der Waals surface area contributed by atoms with E-state index in [0.29, 0.717) is 5.75 Å². The maximum atomic E-state index is 11.9. The first-order valence-corrected chi connectivity index (χ1v) is 11.0. The third-order valence-corrected chi connectivity index (χ3v) is 8.98. The fourth-order valence-corrected chi connectivity index (χ4v) is 3.26. The summed E-state index contributed by atoms with van der Waals surface area (Å²) in [5.74, 6) is 6.26. The highest BCUT2D eigenvalue weighted by molar-refractivity contribution is 7.90. The van der Waals surface area contributed by atoms with Gasteiger partial charge < -0.3 is 0 Å². The highest BCUT2D eigenvalue weighted by Crippen LogP contribution is 2.35. The summed E-state index contributed by atoms with van der Waals surface area (Å²) in [4.78, 5) is 0. The second-order valence-corrected chi connectivity index (χ2v) is 12.4. The lowest BCUT2D eigenvalue weighted by molar-refractivity contribution is 0.691. The van der Waals surface area contributed by atoms with Gasteiger partial charge in [0.25, 0.3) is 0 Å². The molecule has 1 aromatic rings. The zero-order valence-corrected chi connectivity index (χ0v) is 14.7. The molecule has 0 aliphatic carbocycles. The van der Waals surface area contributed by atoms with Crippen LogP contribution in [0.3, 0.4) is 0 Å². The molecule has 0 saturated carbocycles. The Labute approximate surface area is 126 Å². The number of hydrogen-bond acceptors (Lipinski definition) is 1. The summed E-state index contributed by atoms with van der Waals surface area (Å²) < 4.78 is 11.9. The second-order valence-electron chi connectivity index (χ2n) is 6.26. The van der Waals surface area contributed by atoms with Gasteiger partial charge in [0.05, 0.1) is 5.75 Å². The van der Waals surface area contributed by atoms with Gasteiger partial charge in [-0.3, -0.25) is 0 Å². The fraction of sp³-hybridized carbons (Fsp3) is 0.412. The number of hydrogen-bond donors (Lipinski definition) is 0. The van der Waals surface area contributed by atoms with Crippen molar-refractivity contribution in [3.8, 4) is 22.6 Å². The average molecular weight is 303 g/mol. The highest BCUT2D eigenvalue weighted by Gasteiger charge is 2.33. The summed E-state index contributed by atoms with van der Waals surface area (Å²) in [6.07, 6.45) is 0. The van der Waals surface area contributed by atoms with Gasteiger partial charge in [-0.05, 0) is 22.4 Å². The van der Waals surface area contributed by atoms with Crippen LogP contribution in [0.4, 0.5) is 0 Å². The average Bonchev–Trinajstić information content (AvgIpc) is 2.36. The van der Waals surface area contributed by atoms with E-state index >= 15 is 0 Å². The van der Waals surface area contributed by atoms with Crippen molar-refractivity contribution in [2.45, 2.75) is 38.9 Å². The van der Waals surface area contributed by atoms with Crippen molar-refractivity contribution in [3.63, 3.8) is 0 Å². The van der Waals surface area contributed by atoms with Crippen molar-refractivity contribution < 1.29 is 4.21 Å². The van der Waals surface area contributed by atoms with Crippen molar-refractivity contribution in [1.29, 1.82) is 0 Å². The molecule has 0 aliphatic heterocycles. The van der Waals surface area contributed by atoms with Crippen molar-refractivity contribution >= 4 is 18.9 Å². The topological polar surface area (TPSA) is 17.1 Å². The molecule has 0 saturated heterocycles. The molecule has 1 aromatic carbocycles. The molecule has 1 nitrogen and oxygen atoms in total. The van der Waals surface area contributed by atoms with E-state index < -0.39 is 18.9 Å². The molecular weight excluding hydrogens is 280 g/mol. The molecule has 106 valence electrons. The molecule has 0 N–H and O–H groups in total. The smallest absolute Gasteiger partial charge is 0.138 e. The van der Waals surface area contributed by atoms with E-state index in [1.807, 2.05) is 30.3 Å². The molecule has 1 atom stereocenters. The lowest BCUT2D eigenvalue weighted by atomic mass is 10.2. The van der Waals surface area contributed by atoms with E-state index in [4.69, 9.17) is 0 Å². The SMILES string of the molecule is CC(C)(C)[Si](C)(C)C#CS(=O)CC#Cc1ccccc1. The lowest BCUT2D eigenvalue weighted by Gasteiger charge is -2.31. The quantitative estimate of drug-likeness (QED) is 0.570. The van der Waals surface area contributed by atoms with Gasteiger partial charge in [-0.25, -0.2) is 4.21 Å². The van der Waals surface area contributed by atoms with Gasteiger partial charge >= 0.3 is 0 Å². The van der Waals surface area contributed by atoms with E-state index in [2.05, 4.69) is 56.5 Å². The van der Waals surface area contributed by atoms with Gasteiger partial charge in [0.2, 0.25) is 0 Å². The van der Waals surface area contributed by atoms with Gasteiger partial charge in [-0.1, -0.05) is 63.9 Å². The fourth-order valence-electron chi connectivity index (χ4n) is 1.13. The third kappa shape index (κ3) is 5.37. The molecular formula is C17H22OSSi. The van der Waals surface area contributed by atoms with Crippen molar-refractivity contribution in [2.75, 3.05) is 5.75 Å². The predicted octanol–water partition coefficient (Wildman–Crippen LogP) is 3.80. The minimum atomic E-state index is -1.67. The zero-order chi connectivity index (χ0) is 15.2. The van der Waals surface area contributed by atoms with E-state index in [-0.39, 0.29) is 5.04 Å². The zero-order valence-electron chi connectivity index (χ0n) is 12.9. The van der Waals surface area contributed by atoms with Crippen LogP contribution in [0.1, 0.15) is 26.3 Å². The van der Waals surface area contributed by atoms with Crippen LogP contribution in [0.25, 0.3) is 0 Å². The molecule has 1 unspecified atom stereocenters. The molecule has 0 aliphatic rings. The van der Waals surface area contributed by atoms with Crippen molar-refractivity contribution in [1.82, 2.24) is 0 Å². The Bertz CT molecular complexity index is 589. The van der Waals surface area contributed by atoms with Gasteiger partial charge in [-0.15, -0.1) is 5.54 Å². The molecule has 20 heavy (non-hydrogen) atoms. The minimum Gasteiger partial charge on any atom is -0.245 e. The van der Waals surface area contributed by atoms with Gasteiger partial charge in [0, 0.05) is 5.56 Å². The van der Waals surface area contributed by atoms with Crippen LogP contribution < -0.4 is 0 Å². The molecule has 0 spiro atoms. The molecule has 0 radical (unpaired) electrons. The first-order chi connectivity index (χ1) is 9.22. The molecule has 0 aromatic heterocycles. The van der Waals surface area contributed by atoms with Crippen LogP contribution >= 0.6 is 0 Å². The summed E-state index contributed by atoms with van der Waals surface area (Å²) in [6.45, 7) is 11.0. The van der Waals surface area contributed by atoms with Crippen LogP contribution in [-0.4, -0.2) is 18.0 Å². The molecule has 3 heteroatoms. The van der Waals surface area contributed by atoms with E-state index in [1.54, 1.807) is 0 Å². The van der Waals surface area contributed by atoms with Gasteiger partial charge in [-0.2, -0.15) is 0 Å². The molecule has 0 amide bonds. The first-order valence-electron chi connectivity index (χ1n) is 6.67. The van der Waals surface area contributed by atoms with Crippen molar-refractivity contribution in [2.24, 2.45) is 0 Å². The first kappa shape index (κ1) is 16.8. The number of benzene rings is 1. The highest BCUT2D eigenvalue weighted by atomic mass is 32.2. The third-order valence-electron chi connectivity index (χ3n) is 3.56. The summed E-state index contributed by atoms with van der Waals surface area (Å²) >= 11 is 0. The Balaban J connectivity index is 2.65. The van der Waals surface area contributed by atoms with Crippen LogP contribution in [0.15, 0.2) is 30.3 Å². The predicted molar refractivity (Wildman–Crippen MR) is 91.3 cm³/mol. The van der Waals surface area contributed by atoms with Gasteiger partial charge in [0.1, 0.15) is 18.9 Å². The maximum absolute atomic E-state index is 11.9.